The standard InChI is InChI=1S/C34H39Cl2N5O2S/c1-20(2)27-28(31(43)40-21(3)5-14-26(40)30(42)39-18-17-37-34(19-39)15-16-34)44-32-38-33(4,23-8-12-25(36)13-9-23)29(41(27)32)22-6-10-24(35)11-7-22/h6-13,20-21,26,29,37H,5,14-19H2,1-4H3/t21-,26-,29-,33+/m1/s1. The molecule has 2 aromatic carbocycles. The number of aliphatic imine (C=N–C) groups is 1. The third-order valence-corrected chi connectivity index (χ3v) is 11.7. The van der Waals surface area contributed by atoms with Gasteiger partial charge in [0.05, 0.1) is 6.04 Å². The van der Waals surface area contributed by atoms with Gasteiger partial charge >= 0.3 is 0 Å². The Balaban J connectivity index is 1.26. The van der Waals surface area contributed by atoms with Crippen LogP contribution >= 0.6 is 35.0 Å². The van der Waals surface area contributed by atoms with E-state index in [4.69, 9.17) is 28.2 Å². The van der Waals surface area contributed by atoms with Gasteiger partial charge in [0.2, 0.25) is 5.91 Å². The van der Waals surface area contributed by atoms with E-state index in [1.165, 1.54) is 11.8 Å². The topological polar surface area (TPSA) is 68.2 Å². The lowest BCUT2D eigenvalue weighted by atomic mass is 9.81. The minimum Gasteiger partial charge on any atom is -0.338 e. The molecule has 0 bridgehead atoms. The van der Waals surface area contributed by atoms with Crippen molar-refractivity contribution < 1.29 is 9.59 Å². The first-order chi connectivity index (χ1) is 21.0. The van der Waals surface area contributed by atoms with Crippen molar-refractivity contribution >= 4 is 51.9 Å². The van der Waals surface area contributed by atoms with E-state index in [1.807, 2.05) is 46.2 Å². The number of carbonyl (C=O) groups excluding carboxylic acids is 2. The number of likely N-dealkylation sites (tertiary alicyclic amines) is 1. The van der Waals surface area contributed by atoms with Gasteiger partial charge in [-0.2, -0.15) is 0 Å². The lowest BCUT2D eigenvalue weighted by Crippen LogP contribution is -2.58. The molecule has 232 valence electrons. The molecule has 4 heterocycles. The second-order valence-corrected chi connectivity index (χ2v) is 15.3. The number of nitrogens with one attached hydrogen (secondary N) is 1. The van der Waals surface area contributed by atoms with E-state index in [2.05, 4.69) is 50.0 Å². The minimum atomic E-state index is -0.629. The number of amidine groups is 1. The number of hydrogen-bond donors (Lipinski definition) is 1. The summed E-state index contributed by atoms with van der Waals surface area (Å²) in [5.74, 6) is 0.0855. The number of piperazine rings is 1. The van der Waals surface area contributed by atoms with Crippen molar-refractivity contribution in [2.75, 3.05) is 19.6 Å². The van der Waals surface area contributed by atoms with Crippen LogP contribution < -0.4 is 5.32 Å². The third kappa shape index (κ3) is 4.97. The van der Waals surface area contributed by atoms with Crippen molar-refractivity contribution in [1.29, 1.82) is 0 Å². The molecule has 2 amide bonds. The molecule has 3 fully saturated rings. The van der Waals surface area contributed by atoms with Crippen LogP contribution in [0.15, 0.2) is 64.1 Å². The van der Waals surface area contributed by atoms with Crippen LogP contribution in [0.1, 0.15) is 70.5 Å². The summed E-state index contributed by atoms with van der Waals surface area (Å²) in [5, 5.41) is 5.75. The average molecular weight is 653 g/mol. The Bertz CT molecular complexity index is 1550. The molecular formula is C34H39Cl2N5O2S. The number of hydrogen-bond acceptors (Lipinski definition) is 6. The summed E-state index contributed by atoms with van der Waals surface area (Å²) in [5.41, 5.74) is 2.53. The Labute approximate surface area is 274 Å². The first-order valence-corrected chi connectivity index (χ1v) is 17.3. The predicted octanol–water partition coefficient (Wildman–Crippen LogP) is 6.58. The van der Waals surface area contributed by atoms with Crippen molar-refractivity contribution in [2.24, 2.45) is 10.9 Å². The number of benzene rings is 2. The molecule has 0 unspecified atom stereocenters. The van der Waals surface area contributed by atoms with Gasteiger partial charge in [-0.1, -0.05) is 61.3 Å². The van der Waals surface area contributed by atoms with Crippen LogP contribution in [-0.4, -0.2) is 68.9 Å². The van der Waals surface area contributed by atoms with Crippen molar-refractivity contribution in [3.8, 4) is 0 Å². The van der Waals surface area contributed by atoms with Crippen molar-refractivity contribution in [2.45, 2.75) is 82.6 Å². The molecule has 2 aromatic rings. The van der Waals surface area contributed by atoms with Gasteiger partial charge in [0.1, 0.15) is 16.5 Å². The fourth-order valence-corrected chi connectivity index (χ4v) is 9.19. The van der Waals surface area contributed by atoms with E-state index in [1.54, 1.807) is 0 Å². The summed E-state index contributed by atoms with van der Waals surface area (Å²) in [6.45, 7) is 10.7. The van der Waals surface area contributed by atoms with E-state index >= 15 is 0 Å². The first kappa shape index (κ1) is 30.2. The molecule has 10 heteroatoms. The second kappa shape index (κ2) is 11.1. The second-order valence-electron chi connectivity index (χ2n) is 13.5. The summed E-state index contributed by atoms with van der Waals surface area (Å²) in [6.07, 6.45) is 3.75. The van der Waals surface area contributed by atoms with Crippen LogP contribution in [0, 0.1) is 5.92 Å². The number of halogens is 2. The summed E-state index contributed by atoms with van der Waals surface area (Å²) >= 11 is 14.1. The van der Waals surface area contributed by atoms with Gasteiger partial charge in [-0.05, 0) is 92.6 Å². The highest BCUT2D eigenvalue weighted by Gasteiger charge is 2.55. The molecule has 44 heavy (non-hydrogen) atoms. The highest BCUT2D eigenvalue weighted by molar-refractivity contribution is 8.18. The molecule has 1 spiro atoms. The van der Waals surface area contributed by atoms with Crippen LogP contribution in [0.5, 0.6) is 0 Å². The third-order valence-electron chi connectivity index (χ3n) is 10.1. The van der Waals surface area contributed by atoms with E-state index in [0.717, 1.165) is 54.3 Å². The zero-order chi connectivity index (χ0) is 31.0. The van der Waals surface area contributed by atoms with Crippen LogP contribution in [0.25, 0.3) is 0 Å². The van der Waals surface area contributed by atoms with Gasteiger partial charge in [-0.15, -0.1) is 0 Å². The van der Waals surface area contributed by atoms with Crippen LogP contribution in [0.4, 0.5) is 0 Å². The van der Waals surface area contributed by atoms with Crippen LogP contribution in [-0.2, 0) is 15.1 Å². The zero-order valence-corrected chi connectivity index (χ0v) is 28.0. The Morgan fingerprint density at radius 3 is 2.32 bits per heavy atom. The summed E-state index contributed by atoms with van der Waals surface area (Å²) in [7, 11) is 0. The number of carbonyl (C=O) groups is 2. The van der Waals surface area contributed by atoms with Crippen molar-refractivity contribution in [1.82, 2.24) is 20.0 Å². The molecule has 1 N–H and O–H groups in total. The number of nitrogens with zero attached hydrogens (tertiary/aromatic N) is 4. The smallest absolute Gasteiger partial charge is 0.263 e. The summed E-state index contributed by atoms with van der Waals surface area (Å²) in [4.78, 5) is 40.8. The van der Waals surface area contributed by atoms with E-state index in [-0.39, 0.29) is 35.4 Å². The Hall–Kier alpha value is -2.52. The van der Waals surface area contributed by atoms with E-state index in [0.29, 0.717) is 27.9 Å². The molecule has 2 saturated heterocycles. The van der Waals surface area contributed by atoms with E-state index < -0.39 is 11.6 Å². The van der Waals surface area contributed by atoms with Gasteiger partial charge in [0.25, 0.3) is 5.91 Å². The molecular weight excluding hydrogens is 613 g/mol. The normalized spacial score (nSPS) is 29.1. The fraction of sp³-hybridized carbons (Fsp3) is 0.500. The maximum atomic E-state index is 14.6. The molecule has 1 saturated carbocycles. The molecule has 7 rings (SSSR count). The quantitative estimate of drug-likeness (QED) is 0.396. The van der Waals surface area contributed by atoms with Crippen molar-refractivity contribution in [3.05, 3.63) is 80.3 Å². The molecule has 4 aliphatic heterocycles. The van der Waals surface area contributed by atoms with Gasteiger partial charge in [-0.3, -0.25) is 9.59 Å². The highest BCUT2D eigenvalue weighted by Crippen LogP contribution is 2.56. The Morgan fingerprint density at radius 1 is 1.02 bits per heavy atom. The number of rotatable bonds is 5. The molecule has 0 radical (unpaired) electrons. The first-order valence-electron chi connectivity index (χ1n) is 15.7. The largest absolute Gasteiger partial charge is 0.338 e. The number of thioether (sulfide) groups is 1. The number of fused-ring (bicyclic) bond motifs is 1. The van der Waals surface area contributed by atoms with E-state index in [9.17, 15) is 9.59 Å². The molecule has 4 atom stereocenters. The van der Waals surface area contributed by atoms with Gasteiger partial charge in [0.15, 0.2) is 5.17 Å². The Morgan fingerprint density at radius 2 is 1.68 bits per heavy atom. The maximum Gasteiger partial charge on any atom is 0.263 e. The van der Waals surface area contributed by atoms with Crippen molar-refractivity contribution in [3.63, 3.8) is 0 Å². The van der Waals surface area contributed by atoms with Crippen LogP contribution in [0.2, 0.25) is 10.0 Å². The van der Waals surface area contributed by atoms with Gasteiger partial charge < -0.3 is 20.0 Å². The van der Waals surface area contributed by atoms with Gasteiger partial charge in [-0.25, -0.2) is 4.99 Å². The monoisotopic (exact) mass is 651 g/mol. The lowest BCUT2D eigenvalue weighted by molar-refractivity contribution is -0.144. The lowest BCUT2D eigenvalue weighted by Gasteiger charge is -2.38. The fourth-order valence-electron chi connectivity index (χ4n) is 7.59. The summed E-state index contributed by atoms with van der Waals surface area (Å²) < 4.78 is 0. The van der Waals surface area contributed by atoms with Gasteiger partial charge in [0, 0.05) is 47.0 Å². The Kier molecular flexibility index (Phi) is 7.59. The highest BCUT2D eigenvalue weighted by atomic mass is 35.5. The zero-order valence-electron chi connectivity index (χ0n) is 25.6. The minimum absolute atomic E-state index is 0.0143. The summed E-state index contributed by atoms with van der Waals surface area (Å²) in [6, 6.07) is 15.2. The van der Waals surface area contributed by atoms with Crippen LogP contribution in [0.3, 0.4) is 0 Å². The number of amides is 2. The number of allylic oxidation sites excluding steroid dienone is 1. The molecule has 1 aliphatic carbocycles. The molecule has 0 aromatic heterocycles. The maximum absolute atomic E-state index is 14.6. The molecule has 7 nitrogen and oxygen atoms in total. The molecule has 5 aliphatic rings. The SMILES string of the molecule is CC(C)C1=C(C(=O)N2[C@H](C)CC[C@@H]2C(=O)N2CCNC3(CC3)C2)SC2=N[C@@](C)(c3ccc(Cl)cc3)[C@@H](c3ccc(Cl)cc3)N21. The predicted molar refractivity (Wildman–Crippen MR) is 178 cm³/mol. The average Bonchev–Trinajstić information content (AvgIpc) is 3.31.